The summed E-state index contributed by atoms with van der Waals surface area (Å²) in [5, 5.41) is 8.12. The Morgan fingerprint density at radius 1 is 0.400 bits per heavy atom. The first-order valence-electron chi connectivity index (χ1n) is 18.9. The minimum Gasteiger partial charge on any atom is -0.456 e. The molecule has 9 aromatic carbocycles. The first-order valence-corrected chi connectivity index (χ1v) is 14.9. The summed E-state index contributed by atoms with van der Waals surface area (Å²) < 4.78 is 79.3. The van der Waals surface area contributed by atoms with Gasteiger partial charge in [-0.05, 0) is 100 Å². The van der Waals surface area contributed by atoms with E-state index in [1.807, 2.05) is 84.9 Å². The Hall–Kier alpha value is -5.92. The fraction of sp³-hybridized carbons (Fsp3) is 0. The van der Waals surface area contributed by atoms with Crippen molar-refractivity contribution in [2.45, 2.75) is 0 Å². The molecule has 1 nitrogen and oxygen atoms in total. The Morgan fingerprint density at radius 2 is 0.978 bits per heavy atom. The zero-order valence-electron chi connectivity index (χ0n) is 31.8. The van der Waals surface area contributed by atoms with Crippen molar-refractivity contribution in [3.8, 4) is 22.3 Å². The SMILES string of the molecule is [2H]c1c([2H])c([2H])c2c(-c3cc4ccc5ccccc5c4c4ccccc34)c3c([2H])c([2H])c([2H])c([2H])c3c(-c3ccc4oc5ccccc5c4c3)c2c1[2H]. The molecule has 0 saturated carbocycles. The summed E-state index contributed by atoms with van der Waals surface area (Å²) in [7, 11) is 0. The van der Waals surface area contributed by atoms with Crippen LogP contribution < -0.4 is 0 Å². The highest BCUT2D eigenvalue weighted by atomic mass is 16.3. The van der Waals surface area contributed by atoms with Gasteiger partial charge in [-0.3, -0.25) is 0 Å². The van der Waals surface area contributed by atoms with Crippen LogP contribution >= 0.6 is 0 Å². The predicted octanol–water partition coefficient (Wildman–Crippen LogP) is 12.7. The van der Waals surface area contributed by atoms with E-state index in [9.17, 15) is 5.48 Å². The van der Waals surface area contributed by atoms with E-state index >= 15 is 0 Å². The third kappa shape index (κ3) is 3.50. The molecule has 0 amide bonds. The normalized spacial score (nSPS) is 14.5. The molecule has 0 saturated heterocycles. The van der Waals surface area contributed by atoms with Crippen LogP contribution in [0, 0.1) is 0 Å². The van der Waals surface area contributed by atoms with E-state index in [-0.39, 0.29) is 45.7 Å². The van der Waals surface area contributed by atoms with Gasteiger partial charge in [0.1, 0.15) is 11.2 Å². The minimum absolute atomic E-state index is 0.179. The van der Waals surface area contributed by atoms with Crippen molar-refractivity contribution in [1.82, 2.24) is 0 Å². The van der Waals surface area contributed by atoms with Crippen LogP contribution in [0.2, 0.25) is 0 Å². The van der Waals surface area contributed by atoms with E-state index in [0.717, 1.165) is 43.1 Å². The molecule has 0 atom stereocenters. The first kappa shape index (κ1) is 18.0. The van der Waals surface area contributed by atoms with Crippen molar-refractivity contribution in [1.29, 1.82) is 0 Å². The minimum atomic E-state index is -0.431. The summed E-state index contributed by atoms with van der Waals surface area (Å²) in [6.07, 6.45) is 0. The fourth-order valence-electron chi connectivity index (χ4n) is 7.15. The highest BCUT2D eigenvalue weighted by Crippen LogP contribution is 2.47. The molecule has 0 fully saturated rings. The zero-order valence-corrected chi connectivity index (χ0v) is 23.8. The van der Waals surface area contributed by atoms with Crippen molar-refractivity contribution in [2.24, 2.45) is 0 Å². The van der Waals surface area contributed by atoms with Crippen LogP contribution in [0.3, 0.4) is 0 Å². The van der Waals surface area contributed by atoms with Gasteiger partial charge in [-0.15, -0.1) is 0 Å². The van der Waals surface area contributed by atoms with Crippen LogP contribution in [0.4, 0.5) is 0 Å². The maximum atomic E-state index is 9.47. The molecule has 0 aliphatic carbocycles. The van der Waals surface area contributed by atoms with E-state index in [2.05, 4.69) is 12.1 Å². The fourth-order valence-corrected chi connectivity index (χ4v) is 7.15. The maximum absolute atomic E-state index is 9.47. The molecule has 1 heterocycles. The lowest BCUT2D eigenvalue weighted by Crippen LogP contribution is -1.92. The largest absolute Gasteiger partial charge is 0.456 e. The van der Waals surface area contributed by atoms with E-state index < -0.39 is 24.2 Å². The van der Waals surface area contributed by atoms with Gasteiger partial charge in [-0.2, -0.15) is 0 Å². The summed E-state index contributed by atoms with van der Waals surface area (Å²) in [6.45, 7) is 0. The lowest BCUT2D eigenvalue weighted by atomic mass is 9.83. The van der Waals surface area contributed by atoms with Gasteiger partial charge in [-0.1, -0.05) is 133 Å². The van der Waals surface area contributed by atoms with Gasteiger partial charge < -0.3 is 4.42 Å². The van der Waals surface area contributed by atoms with Crippen LogP contribution in [0.25, 0.3) is 98.1 Å². The number of rotatable bonds is 2. The van der Waals surface area contributed by atoms with Crippen molar-refractivity contribution < 1.29 is 15.4 Å². The molecule has 0 radical (unpaired) electrons. The van der Waals surface area contributed by atoms with Crippen LogP contribution in [0.1, 0.15) is 11.0 Å². The molecule has 10 aromatic rings. The molecule has 0 unspecified atom stereocenters. The second-order valence-corrected chi connectivity index (χ2v) is 11.4. The van der Waals surface area contributed by atoms with Gasteiger partial charge in [0.25, 0.3) is 0 Å². The number of furan rings is 1. The number of hydrogen-bond donors (Lipinski definition) is 0. The lowest BCUT2D eigenvalue weighted by Gasteiger charge is -2.20. The van der Waals surface area contributed by atoms with Crippen molar-refractivity contribution in [3.63, 3.8) is 0 Å². The quantitative estimate of drug-likeness (QED) is 0.147. The van der Waals surface area contributed by atoms with Gasteiger partial charge in [0.2, 0.25) is 0 Å². The van der Waals surface area contributed by atoms with Gasteiger partial charge in [-0.25, -0.2) is 0 Å². The van der Waals surface area contributed by atoms with E-state index in [0.29, 0.717) is 33.4 Å². The Morgan fingerprint density at radius 3 is 1.73 bits per heavy atom. The monoisotopic (exact) mass is 578 g/mol. The lowest BCUT2D eigenvalue weighted by molar-refractivity contribution is 0.669. The predicted molar refractivity (Wildman–Crippen MR) is 192 cm³/mol. The van der Waals surface area contributed by atoms with Crippen LogP contribution in [-0.2, 0) is 0 Å². The third-order valence-electron chi connectivity index (χ3n) is 9.06. The topological polar surface area (TPSA) is 13.1 Å². The van der Waals surface area contributed by atoms with Crippen LogP contribution in [0.15, 0.2) is 162 Å². The summed E-state index contributed by atoms with van der Waals surface area (Å²) in [6, 6.07) is 32.3. The summed E-state index contributed by atoms with van der Waals surface area (Å²) in [5.74, 6) is 0. The summed E-state index contributed by atoms with van der Waals surface area (Å²) >= 11 is 0. The molecule has 10 rings (SSSR count). The van der Waals surface area contributed by atoms with Gasteiger partial charge >= 0.3 is 0 Å². The Kier molecular flexibility index (Phi) is 3.72. The maximum Gasteiger partial charge on any atom is 0.135 e. The van der Waals surface area contributed by atoms with E-state index in [4.69, 9.17) is 9.90 Å². The number of fused-ring (bicyclic) bond motifs is 10. The van der Waals surface area contributed by atoms with E-state index in [1.165, 1.54) is 0 Å². The molecule has 0 spiro atoms. The third-order valence-corrected chi connectivity index (χ3v) is 9.06. The molecule has 0 aliphatic heterocycles. The summed E-state index contributed by atoms with van der Waals surface area (Å²) in [5.41, 5.74) is 3.09. The van der Waals surface area contributed by atoms with E-state index in [1.54, 1.807) is 12.1 Å². The number of hydrogen-bond acceptors (Lipinski definition) is 1. The van der Waals surface area contributed by atoms with Crippen molar-refractivity contribution in [3.05, 3.63) is 158 Å². The second-order valence-electron chi connectivity index (χ2n) is 11.4. The van der Waals surface area contributed by atoms with Gasteiger partial charge in [0.15, 0.2) is 0 Å². The van der Waals surface area contributed by atoms with Crippen molar-refractivity contribution >= 4 is 75.8 Å². The summed E-state index contributed by atoms with van der Waals surface area (Å²) in [4.78, 5) is 0. The molecule has 1 heteroatoms. The van der Waals surface area contributed by atoms with Gasteiger partial charge in [0, 0.05) is 10.8 Å². The molecule has 208 valence electrons. The highest BCUT2D eigenvalue weighted by Gasteiger charge is 2.20. The molecular weight excluding hydrogens is 544 g/mol. The second kappa shape index (κ2) is 9.29. The Bertz CT molecular complexity index is 3190. The standard InChI is InChI=1S/C44H26O/c1-2-12-30-27(11-1)21-22-28-26-39(31-13-3-4-15-33(31)42(28)30)44-36-18-7-5-16-34(36)43(35-17-6-8-19-37(35)44)29-23-24-41-38(25-29)32-14-9-10-20-40(32)45-41/h1-26H/i5D,6D,7D,8D,16D,17D,18D,19D. The number of benzene rings is 9. The Balaban J connectivity index is 1.48. The number of para-hydroxylation sites is 1. The molecule has 45 heavy (non-hydrogen) atoms. The molecule has 0 bridgehead atoms. The average Bonchev–Trinajstić information content (AvgIpc) is 3.57. The smallest absolute Gasteiger partial charge is 0.135 e. The zero-order chi connectivity index (χ0) is 36.4. The molecular formula is C44H26O. The van der Waals surface area contributed by atoms with Crippen molar-refractivity contribution in [2.75, 3.05) is 0 Å². The van der Waals surface area contributed by atoms with Crippen LogP contribution in [-0.4, -0.2) is 0 Å². The van der Waals surface area contributed by atoms with Gasteiger partial charge in [0.05, 0.1) is 11.0 Å². The molecule has 1 aromatic heterocycles. The molecule has 0 aliphatic rings. The highest BCUT2D eigenvalue weighted by molar-refractivity contribution is 6.28. The Labute approximate surface area is 270 Å². The first-order chi connectivity index (χ1) is 25.7. The molecule has 0 N–H and O–H groups in total. The van der Waals surface area contributed by atoms with Crippen LogP contribution in [0.5, 0.6) is 0 Å². The average molecular weight is 579 g/mol.